The minimum absolute atomic E-state index is 0.781. The van der Waals surface area contributed by atoms with E-state index in [1.807, 2.05) is 7.05 Å². The highest BCUT2D eigenvalue weighted by Gasteiger charge is 2.14. The molecule has 1 aliphatic carbocycles. The standard InChI is InChI=1S/C9H18N2/c1-11-7-9-4-2-8(6-10)3-5-9/h7-8,11H,2-6,10H2,1H3. The van der Waals surface area contributed by atoms with Crippen LogP contribution < -0.4 is 11.1 Å². The molecule has 0 amide bonds. The van der Waals surface area contributed by atoms with Crippen molar-refractivity contribution in [3.05, 3.63) is 11.8 Å². The third kappa shape index (κ3) is 2.54. The molecule has 0 bridgehead atoms. The van der Waals surface area contributed by atoms with Crippen molar-refractivity contribution in [1.82, 2.24) is 5.32 Å². The van der Waals surface area contributed by atoms with Gasteiger partial charge in [0.25, 0.3) is 0 Å². The number of hydrogen-bond acceptors (Lipinski definition) is 2. The zero-order valence-corrected chi connectivity index (χ0v) is 7.27. The van der Waals surface area contributed by atoms with E-state index in [-0.39, 0.29) is 0 Å². The van der Waals surface area contributed by atoms with E-state index in [4.69, 9.17) is 5.73 Å². The fourth-order valence-electron chi connectivity index (χ4n) is 1.63. The minimum atomic E-state index is 0.781. The Bertz CT molecular complexity index is 130. The topological polar surface area (TPSA) is 38.0 Å². The number of allylic oxidation sites excluding steroid dienone is 1. The molecule has 0 radical (unpaired) electrons. The van der Waals surface area contributed by atoms with E-state index >= 15 is 0 Å². The zero-order valence-electron chi connectivity index (χ0n) is 7.27. The van der Waals surface area contributed by atoms with Crippen LogP contribution in [0.4, 0.5) is 0 Å². The number of rotatable bonds is 2. The lowest BCUT2D eigenvalue weighted by Crippen LogP contribution is -2.18. The Labute approximate surface area is 68.9 Å². The highest BCUT2D eigenvalue weighted by Crippen LogP contribution is 2.26. The molecule has 2 heteroatoms. The van der Waals surface area contributed by atoms with Crippen LogP contribution in [0.1, 0.15) is 25.7 Å². The van der Waals surface area contributed by atoms with Gasteiger partial charge in [0, 0.05) is 7.05 Å². The van der Waals surface area contributed by atoms with Crippen molar-refractivity contribution in [2.45, 2.75) is 25.7 Å². The van der Waals surface area contributed by atoms with Crippen molar-refractivity contribution in [2.75, 3.05) is 13.6 Å². The highest BCUT2D eigenvalue weighted by molar-refractivity contribution is 5.03. The molecular weight excluding hydrogens is 136 g/mol. The minimum Gasteiger partial charge on any atom is -0.394 e. The van der Waals surface area contributed by atoms with E-state index in [0.717, 1.165) is 12.5 Å². The van der Waals surface area contributed by atoms with E-state index < -0.39 is 0 Å². The monoisotopic (exact) mass is 154 g/mol. The third-order valence-corrected chi connectivity index (χ3v) is 2.43. The van der Waals surface area contributed by atoms with Gasteiger partial charge in [-0.25, -0.2) is 0 Å². The number of nitrogens with one attached hydrogen (secondary N) is 1. The zero-order chi connectivity index (χ0) is 8.10. The first kappa shape index (κ1) is 8.60. The number of hydrogen-bond donors (Lipinski definition) is 2. The largest absolute Gasteiger partial charge is 0.394 e. The molecule has 0 saturated heterocycles. The summed E-state index contributed by atoms with van der Waals surface area (Å²) in [5.41, 5.74) is 7.14. The molecule has 0 aliphatic heterocycles. The molecule has 0 aromatic carbocycles. The number of nitrogens with two attached hydrogens (primary N) is 1. The first-order valence-corrected chi connectivity index (χ1v) is 4.42. The smallest absolute Gasteiger partial charge is 0.00276 e. The van der Waals surface area contributed by atoms with E-state index in [9.17, 15) is 0 Å². The summed E-state index contributed by atoms with van der Waals surface area (Å²) < 4.78 is 0. The lowest BCUT2D eigenvalue weighted by molar-refractivity contribution is 0.417. The fraction of sp³-hybridized carbons (Fsp3) is 0.778. The third-order valence-electron chi connectivity index (χ3n) is 2.43. The fourth-order valence-corrected chi connectivity index (χ4v) is 1.63. The normalized spacial score (nSPS) is 24.9. The maximum absolute atomic E-state index is 5.59. The van der Waals surface area contributed by atoms with Crippen LogP contribution in [0, 0.1) is 5.92 Å². The first-order valence-electron chi connectivity index (χ1n) is 4.42. The summed E-state index contributed by atoms with van der Waals surface area (Å²) in [6, 6.07) is 0. The highest BCUT2D eigenvalue weighted by atomic mass is 14.8. The van der Waals surface area contributed by atoms with Crippen molar-refractivity contribution in [3.8, 4) is 0 Å². The van der Waals surface area contributed by atoms with E-state index in [1.54, 1.807) is 5.57 Å². The summed E-state index contributed by atoms with van der Waals surface area (Å²) in [6.07, 6.45) is 7.17. The van der Waals surface area contributed by atoms with Gasteiger partial charge in [-0.05, 0) is 44.3 Å². The molecule has 3 N–H and O–H groups in total. The van der Waals surface area contributed by atoms with Gasteiger partial charge in [0.2, 0.25) is 0 Å². The van der Waals surface area contributed by atoms with Crippen LogP contribution >= 0.6 is 0 Å². The van der Waals surface area contributed by atoms with Crippen molar-refractivity contribution in [1.29, 1.82) is 0 Å². The summed E-state index contributed by atoms with van der Waals surface area (Å²) in [5, 5.41) is 3.08. The Balaban J connectivity index is 2.30. The Kier molecular flexibility index (Phi) is 3.43. The van der Waals surface area contributed by atoms with Gasteiger partial charge in [0.05, 0.1) is 0 Å². The van der Waals surface area contributed by atoms with Crippen LogP contribution in [0.5, 0.6) is 0 Å². The Morgan fingerprint density at radius 3 is 2.64 bits per heavy atom. The molecule has 0 unspecified atom stereocenters. The first-order chi connectivity index (χ1) is 5.36. The van der Waals surface area contributed by atoms with E-state index in [0.29, 0.717) is 0 Å². The molecule has 0 spiro atoms. The van der Waals surface area contributed by atoms with E-state index in [2.05, 4.69) is 11.5 Å². The summed E-state index contributed by atoms with van der Waals surface area (Å²) in [5.74, 6) is 0.781. The van der Waals surface area contributed by atoms with Gasteiger partial charge in [-0.1, -0.05) is 5.57 Å². The maximum Gasteiger partial charge on any atom is 0.00276 e. The molecule has 1 fully saturated rings. The SMILES string of the molecule is CNC=C1CCC(CN)CC1. The summed E-state index contributed by atoms with van der Waals surface area (Å²) in [7, 11) is 1.96. The summed E-state index contributed by atoms with van der Waals surface area (Å²) in [6.45, 7) is 0.868. The van der Waals surface area contributed by atoms with Gasteiger partial charge < -0.3 is 11.1 Å². The van der Waals surface area contributed by atoms with Gasteiger partial charge in [-0.15, -0.1) is 0 Å². The molecule has 0 aromatic heterocycles. The molecule has 1 aliphatic rings. The lowest BCUT2D eigenvalue weighted by atomic mass is 9.86. The van der Waals surface area contributed by atoms with Gasteiger partial charge in [-0.3, -0.25) is 0 Å². The van der Waals surface area contributed by atoms with Crippen LogP contribution in [0.3, 0.4) is 0 Å². The maximum atomic E-state index is 5.59. The Morgan fingerprint density at radius 2 is 2.18 bits per heavy atom. The average Bonchev–Trinajstić information content (AvgIpc) is 2.07. The quantitative estimate of drug-likeness (QED) is 0.628. The molecule has 0 aromatic rings. The second-order valence-corrected chi connectivity index (χ2v) is 3.27. The van der Waals surface area contributed by atoms with Crippen molar-refractivity contribution in [3.63, 3.8) is 0 Å². The summed E-state index contributed by atoms with van der Waals surface area (Å²) >= 11 is 0. The molecular formula is C9H18N2. The molecule has 64 valence electrons. The van der Waals surface area contributed by atoms with Crippen LogP contribution in [0.15, 0.2) is 11.8 Å². The second-order valence-electron chi connectivity index (χ2n) is 3.27. The molecule has 0 heterocycles. The second kappa shape index (κ2) is 4.39. The van der Waals surface area contributed by atoms with Crippen LogP contribution in [-0.4, -0.2) is 13.6 Å². The summed E-state index contributed by atoms with van der Waals surface area (Å²) in [4.78, 5) is 0. The van der Waals surface area contributed by atoms with Crippen molar-refractivity contribution in [2.24, 2.45) is 11.7 Å². The van der Waals surface area contributed by atoms with Gasteiger partial charge in [-0.2, -0.15) is 0 Å². The van der Waals surface area contributed by atoms with Crippen molar-refractivity contribution >= 4 is 0 Å². The van der Waals surface area contributed by atoms with E-state index in [1.165, 1.54) is 25.7 Å². The Morgan fingerprint density at radius 1 is 1.55 bits per heavy atom. The van der Waals surface area contributed by atoms with Crippen LogP contribution in [-0.2, 0) is 0 Å². The van der Waals surface area contributed by atoms with Crippen molar-refractivity contribution < 1.29 is 0 Å². The van der Waals surface area contributed by atoms with Gasteiger partial charge in [0.1, 0.15) is 0 Å². The molecule has 1 saturated carbocycles. The predicted molar refractivity (Wildman–Crippen MR) is 48.2 cm³/mol. The molecule has 11 heavy (non-hydrogen) atoms. The van der Waals surface area contributed by atoms with Crippen LogP contribution in [0.2, 0.25) is 0 Å². The predicted octanol–water partition coefficient (Wildman–Crippen LogP) is 1.24. The molecule has 2 nitrogen and oxygen atoms in total. The Hall–Kier alpha value is -0.500. The van der Waals surface area contributed by atoms with Crippen LogP contribution in [0.25, 0.3) is 0 Å². The average molecular weight is 154 g/mol. The van der Waals surface area contributed by atoms with Gasteiger partial charge >= 0.3 is 0 Å². The molecule has 1 rings (SSSR count). The lowest BCUT2D eigenvalue weighted by Gasteiger charge is -2.22. The molecule has 0 atom stereocenters. The van der Waals surface area contributed by atoms with Gasteiger partial charge in [0.15, 0.2) is 0 Å².